The standard InChI is InChI=1S/C9H10O6S.O2S/c10-9(8-4-2-1-3-5-8)14-6-7-15-16(11,12)13;1-3-2/h1-5H,6-7H2,(H,11,12,13);. The first-order valence-electron chi connectivity index (χ1n) is 4.66. The maximum absolute atomic E-state index is 11.3. The molecule has 0 bridgehead atoms. The van der Waals surface area contributed by atoms with E-state index in [4.69, 9.17) is 13.0 Å². The number of rotatable bonds is 5. The monoisotopic (exact) mass is 310 g/mol. The molecular formula is C9H10O8S2. The van der Waals surface area contributed by atoms with Gasteiger partial charge >= 0.3 is 27.9 Å². The van der Waals surface area contributed by atoms with Crippen LogP contribution in [0.3, 0.4) is 0 Å². The number of ether oxygens (including phenoxy) is 1. The predicted octanol–water partition coefficient (Wildman–Crippen LogP) is -0.00740. The van der Waals surface area contributed by atoms with Gasteiger partial charge in [-0.2, -0.15) is 16.8 Å². The summed E-state index contributed by atoms with van der Waals surface area (Å²) in [5, 5.41) is 0. The van der Waals surface area contributed by atoms with Gasteiger partial charge in [-0.25, -0.2) is 8.98 Å². The van der Waals surface area contributed by atoms with E-state index in [1.165, 1.54) is 0 Å². The fourth-order valence-corrected chi connectivity index (χ4v) is 1.21. The predicted molar refractivity (Wildman–Crippen MR) is 63.1 cm³/mol. The molecule has 0 aliphatic rings. The summed E-state index contributed by atoms with van der Waals surface area (Å²) in [5.74, 6) is -0.584. The van der Waals surface area contributed by atoms with Crippen LogP contribution in [0.1, 0.15) is 10.4 Å². The molecule has 0 saturated heterocycles. The second-order valence-corrected chi connectivity index (χ2v) is 4.05. The lowest BCUT2D eigenvalue weighted by atomic mass is 10.2. The van der Waals surface area contributed by atoms with Crippen LogP contribution in [-0.2, 0) is 30.9 Å². The van der Waals surface area contributed by atoms with E-state index in [1.807, 2.05) is 0 Å². The van der Waals surface area contributed by atoms with Crippen molar-refractivity contribution in [3.63, 3.8) is 0 Å². The van der Waals surface area contributed by atoms with Gasteiger partial charge in [-0.3, -0.25) is 4.55 Å². The quantitative estimate of drug-likeness (QED) is 0.457. The van der Waals surface area contributed by atoms with Crippen LogP contribution in [0.25, 0.3) is 0 Å². The first-order valence-corrected chi connectivity index (χ1v) is 6.69. The minimum Gasteiger partial charge on any atom is -0.460 e. The molecule has 0 amide bonds. The zero-order chi connectivity index (χ0) is 14.7. The van der Waals surface area contributed by atoms with Crippen molar-refractivity contribution in [1.29, 1.82) is 0 Å². The summed E-state index contributed by atoms with van der Waals surface area (Å²) < 4.78 is 53.7. The van der Waals surface area contributed by atoms with E-state index in [0.717, 1.165) is 0 Å². The molecule has 1 aromatic carbocycles. The molecule has 0 saturated carbocycles. The average molecular weight is 310 g/mol. The van der Waals surface area contributed by atoms with Crippen molar-refractivity contribution >= 4 is 27.9 Å². The van der Waals surface area contributed by atoms with Crippen LogP contribution < -0.4 is 0 Å². The van der Waals surface area contributed by atoms with E-state index in [2.05, 4.69) is 8.92 Å². The highest BCUT2D eigenvalue weighted by Gasteiger charge is 2.07. The van der Waals surface area contributed by atoms with Gasteiger partial charge in [0.15, 0.2) is 0 Å². The maximum atomic E-state index is 11.3. The lowest BCUT2D eigenvalue weighted by molar-refractivity contribution is 0.0445. The number of hydrogen-bond donors (Lipinski definition) is 1. The largest absolute Gasteiger partial charge is 0.460 e. The Bertz CT molecular complexity index is 518. The maximum Gasteiger partial charge on any atom is 0.397 e. The summed E-state index contributed by atoms with van der Waals surface area (Å²) in [4.78, 5) is 11.3. The number of hydrogen-bond acceptors (Lipinski definition) is 7. The van der Waals surface area contributed by atoms with Gasteiger partial charge < -0.3 is 4.74 Å². The van der Waals surface area contributed by atoms with Crippen molar-refractivity contribution in [3.05, 3.63) is 35.9 Å². The summed E-state index contributed by atoms with van der Waals surface area (Å²) in [6, 6.07) is 8.22. The molecule has 0 spiro atoms. The van der Waals surface area contributed by atoms with Gasteiger partial charge in [0.1, 0.15) is 13.2 Å². The minimum absolute atomic E-state index is 0.256. The van der Waals surface area contributed by atoms with Crippen molar-refractivity contribution in [2.45, 2.75) is 0 Å². The van der Waals surface area contributed by atoms with Crippen molar-refractivity contribution in [2.75, 3.05) is 13.2 Å². The molecule has 0 unspecified atom stereocenters. The molecule has 0 aliphatic carbocycles. The second kappa shape index (κ2) is 9.33. The van der Waals surface area contributed by atoms with E-state index in [0.29, 0.717) is 5.56 Å². The van der Waals surface area contributed by atoms with Gasteiger partial charge in [0.25, 0.3) is 0 Å². The Morgan fingerprint density at radius 3 is 2.16 bits per heavy atom. The fraction of sp³-hybridized carbons (Fsp3) is 0.222. The molecule has 0 radical (unpaired) electrons. The third-order valence-corrected chi connectivity index (χ3v) is 2.02. The third kappa shape index (κ3) is 10.0. The number of benzene rings is 1. The SMILES string of the molecule is O=C(OCCOS(=O)(=O)O)c1ccccc1.O=S=O. The lowest BCUT2D eigenvalue weighted by Crippen LogP contribution is -2.13. The number of carbonyl (C=O) groups is 1. The van der Waals surface area contributed by atoms with E-state index in [9.17, 15) is 13.2 Å². The number of esters is 1. The van der Waals surface area contributed by atoms with Crippen LogP contribution in [0.4, 0.5) is 0 Å². The molecule has 10 heteroatoms. The molecule has 0 heterocycles. The Labute approximate surface area is 112 Å². The average Bonchev–Trinajstić information content (AvgIpc) is 2.35. The normalized spacial score (nSPS) is 9.95. The Kier molecular flexibility index (Phi) is 8.53. The van der Waals surface area contributed by atoms with E-state index >= 15 is 0 Å². The van der Waals surface area contributed by atoms with Crippen LogP contribution in [0.15, 0.2) is 30.3 Å². The van der Waals surface area contributed by atoms with Gasteiger partial charge in [-0.1, -0.05) is 18.2 Å². The summed E-state index contributed by atoms with van der Waals surface area (Å²) in [6.07, 6.45) is 0. The van der Waals surface area contributed by atoms with Crippen LogP contribution in [0.5, 0.6) is 0 Å². The summed E-state index contributed by atoms with van der Waals surface area (Å²) >= 11 is -0.750. The van der Waals surface area contributed by atoms with Gasteiger partial charge in [-0.05, 0) is 12.1 Å². The molecule has 0 aliphatic heterocycles. The topological polar surface area (TPSA) is 124 Å². The summed E-state index contributed by atoms with van der Waals surface area (Å²) in [6.45, 7) is -0.676. The van der Waals surface area contributed by atoms with Crippen LogP contribution in [0.2, 0.25) is 0 Å². The highest BCUT2D eigenvalue weighted by Crippen LogP contribution is 2.00. The molecule has 0 fully saturated rings. The fourth-order valence-electron chi connectivity index (χ4n) is 0.931. The second-order valence-electron chi connectivity index (χ2n) is 2.82. The summed E-state index contributed by atoms with van der Waals surface area (Å²) in [5.41, 5.74) is 0.356. The molecule has 0 aromatic heterocycles. The van der Waals surface area contributed by atoms with Gasteiger partial charge in [0.05, 0.1) is 5.56 Å². The lowest BCUT2D eigenvalue weighted by Gasteiger charge is -2.03. The van der Waals surface area contributed by atoms with Crippen LogP contribution in [0, 0.1) is 0 Å². The van der Waals surface area contributed by atoms with Crippen molar-refractivity contribution in [2.24, 2.45) is 0 Å². The first kappa shape index (κ1) is 17.4. The molecule has 1 N–H and O–H groups in total. The van der Waals surface area contributed by atoms with E-state index in [-0.39, 0.29) is 6.61 Å². The first-order chi connectivity index (χ1) is 8.90. The van der Waals surface area contributed by atoms with E-state index < -0.39 is 34.5 Å². The van der Waals surface area contributed by atoms with Crippen LogP contribution >= 0.6 is 0 Å². The van der Waals surface area contributed by atoms with E-state index in [1.54, 1.807) is 30.3 Å². The van der Waals surface area contributed by atoms with Gasteiger partial charge in [0, 0.05) is 0 Å². The molecular weight excluding hydrogens is 300 g/mol. The van der Waals surface area contributed by atoms with Gasteiger partial charge in [-0.15, -0.1) is 0 Å². The Hall–Kier alpha value is -1.62. The van der Waals surface area contributed by atoms with Crippen molar-refractivity contribution < 1.29 is 35.1 Å². The van der Waals surface area contributed by atoms with Crippen LogP contribution in [-0.4, -0.2) is 40.6 Å². The third-order valence-electron chi connectivity index (χ3n) is 1.56. The Morgan fingerprint density at radius 1 is 1.16 bits per heavy atom. The molecule has 0 atom stereocenters. The molecule has 1 aromatic rings. The zero-order valence-electron chi connectivity index (χ0n) is 9.42. The van der Waals surface area contributed by atoms with Crippen molar-refractivity contribution in [3.8, 4) is 0 Å². The highest BCUT2D eigenvalue weighted by molar-refractivity contribution is 7.80. The molecule has 8 nitrogen and oxygen atoms in total. The smallest absolute Gasteiger partial charge is 0.397 e. The number of carbonyl (C=O) groups excluding carboxylic acids is 1. The molecule has 1 rings (SSSR count). The molecule has 106 valence electrons. The van der Waals surface area contributed by atoms with Crippen molar-refractivity contribution in [1.82, 2.24) is 0 Å². The Morgan fingerprint density at radius 2 is 1.68 bits per heavy atom. The molecule has 19 heavy (non-hydrogen) atoms. The van der Waals surface area contributed by atoms with Gasteiger partial charge in [0.2, 0.25) is 0 Å². The zero-order valence-corrected chi connectivity index (χ0v) is 11.1. The Balaban J connectivity index is 0.000000982. The highest BCUT2D eigenvalue weighted by atomic mass is 32.3. The summed E-state index contributed by atoms with van der Waals surface area (Å²) in [7, 11) is -4.48. The minimum atomic E-state index is -4.48.